The number of nitrogens with one attached hydrogen (secondary N) is 1. The predicted octanol–water partition coefficient (Wildman–Crippen LogP) is 20.5. The number of carbonyl (C=O) groups excluding carboxylic acids is 2. The van der Waals surface area contributed by atoms with Crippen LogP contribution < -0.4 is 5.32 Å². The van der Waals surface area contributed by atoms with E-state index in [0.29, 0.717) is 19.4 Å². The fraction of sp³-hybridized carbons (Fsp3) is 0.848. The number of hydrogen-bond acceptors (Lipinski definition) is 10. The van der Waals surface area contributed by atoms with Crippen LogP contribution >= 0.6 is 0 Å². The Bertz CT molecular complexity index is 1680. The number of aliphatic hydroxyl groups is 5. The normalized spacial score (nSPS) is 18.0. The minimum atomic E-state index is -1.57. The van der Waals surface area contributed by atoms with Gasteiger partial charge in [-0.1, -0.05) is 319 Å². The van der Waals surface area contributed by atoms with Crippen LogP contribution in [0.25, 0.3) is 0 Å². The molecule has 0 aromatic rings. The molecule has 11 heteroatoms. The first-order valence-electron chi connectivity index (χ1n) is 38.6. The van der Waals surface area contributed by atoms with E-state index in [-0.39, 0.29) is 18.5 Å². The van der Waals surface area contributed by atoms with Crippen molar-refractivity contribution in [1.82, 2.24) is 5.32 Å². The van der Waals surface area contributed by atoms with Crippen molar-refractivity contribution in [2.75, 3.05) is 19.8 Å². The van der Waals surface area contributed by atoms with Crippen molar-refractivity contribution < 1.29 is 49.3 Å². The molecule has 0 aromatic heterocycles. The van der Waals surface area contributed by atoms with Gasteiger partial charge in [0.1, 0.15) is 24.4 Å². The highest BCUT2D eigenvalue weighted by Crippen LogP contribution is 2.23. The van der Waals surface area contributed by atoms with Gasteiger partial charge in [-0.25, -0.2) is 0 Å². The van der Waals surface area contributed by atoms with Gasteiger partial charge in [-0.05, 0) is 96.3 Å². The molecule has 526 valence electrons. The van der Waals surface area contributed by atoms with Crippen molar-refractivity contribution in [1.29, 1.82) is 0 Å². The van der Waals surface area contributed by atoms with E-state index in [1.807, 2.05) is 6.08 Å². The van der Waals surface area contributed by atoms with Gasteiger partial charge in [-0.2, -0.15) is 0 Å². The molecule has 1 rings (SSSR count). The molecule has 1 aliphatic rings. The number of esters is 1. The molecule has 1 saturated heterocycles. The zero-order chi connectivity index (χ0) is 65.1. The Morgan fingerprint density at radius 1 is 0.411 bits per heavy atom. The Morgan fingerprint density at radius 2 is 0.744 bits per heavy atom. The van der Waals surface area contributed by atoms with Gasteiger partial charge in [0.2, 0.25) is 5.91 Å². The van der Waals surface area contributed by atoms with Gasteiger partial charge in [0.15, 0.2) is 6.29 Å². The minimum Gasteiger partial charge on any atom is -0.466 e. The van der Waals surface area contributed by atoms with Crippen molar-refractivity contribution in [3.63, 3.8) is 0 Å². The van der Waals surface area contributed by atoms with Crippen LogP contribution in [0.2, 0.25) is 0 Å². The summed E-state index contributed by atoms with van der Waals surface area (Å²) >= 11 is 0. The second-order valence-corrected chi connectivity index (χ2v) is 26.7. The molecule has 0 radical (unpaired) electrons. The molecule has 1 amide bonds. The van der Waals surface area contributed by atoms with E-state index < -0.39 is 49.5 Å². The van der Waals surface area contributed by atoms with E-state index in [9.17, 15) is 35.1 Å². The van der Waals surface area contributed by atoms with Gasteiger partial charge in [0, 0.05) is 12.8 Å². The monoisotopic (exact) mass is 1270 g/mol. The van der Waals surface area contributed by atoms with Gasteiger partial charge >= 0.3 is 5.97 Å². The first kappa shape index (κ1) is 85.4. The molecular weight excluding hydrogens is 1120 g/mol. The van der Waals surface area contributed by atoms with Crippen molar-refractivity contribution in [2.24, 2.45) is 0 Å². The fourth-order valence-electron chi connectivity index (χ4n) is 12.0. The van der Waals surface area contributed by atoms with Crippen LogP contribution in [0.5, 0.6) is 0 Å². The van der Waals surface area contributed by atoms with Crippen molar-refractivity contribution in [2.45, 2.75) is 410 Å². The second-order valence-electron chi connectivity index (χ2n) is 26.7. The molecule has 7 unspecified atom stereocenters. The molecule has 0 aliphatic carbocycles. The van der Waals surface area contributed by atoms with E-state index in [2.05, 4.69) is 67.8 Å². The number of carbonyl (C=O) groups is 2. The largest absolute Gasteiger partial charge is 0.466 e. The van der Waals surface area contributed by atoms with E-state index >= 15 is 0 Å². The van der Waals surface area contributed by atoms with Gasteiger partial charge in [-0.3, -0.25) is 9.59 Å². The number of unbranched alkanes of at least 4 members (excludes halogenated alkanes) is 46. The van der Waals surface area contributed by atoms with Crippen LogP contribution in [0, 0.1) is 0 Å². The topological polar surface area (TPSA) is 175 Å². The van der Waals surface area contributed by atoms with Crippen molar-refractivity contribution in [3.8, 4) is 0 Å². The van der Waals surface area contributed by atoms with Crippen LogP contribution in [-0.2, 0) is 23.8 Å². The number of hydrogen-bond donors (Lipinski definition) is 6. The molecule has 7 atom stereocenters. The summed E-state index contributed by atoms with van der Waals surface area (Å²) < 4.78 is 16.7. The summed E-state index contributed by atoms with van der Waals surface area (Å²) in [7, 11) is 0. The number of aliphatic hydroxyl groups excluding tert-OH is 5. The molecule has 0 bridgehead atoms. The van der Waals surface area contributed by atoms with Crippen LogP contribution in [0.15, 0.2) is 60.8 Å². The van der Waals surface area contributed by atoms with Gasteiger partial charge in [0.25, 0.3) is 0 Å². The first-order valence-corrected chi connectivity index (χ1v) is 38.6. The molecule has 0 spiro atoms. The quantitative estimate of drug-likeness (QED) is 0.0195. The first-order chi connectivity index (χ1) is 44.2. The molecule has 0 aromatic carbocycles. The van der Waals surface area contributed by atoms with Crippen molar-refractivity contribution >= 4 is 11.9 Å². The summed E-state index contributed by atoms with van der Waals surface area (Å²) in [5, 5.41) is 54.4. The van der Waals surface area contributed by atoms with E-state index in [0.717, 1.165) is 70.6 Å². The Morgan fingerprint density at radius 3 is 1.14 bits per heavy atom. The van der Waals surface area contributed by atoms with Crippen LogP contribution in [0.1, 0.15) is 367 Å². The highest BCUT2D eigenvalue weighted by atomic mass is 16.7. The van der Waals surface area contributed by atoms with Crippen LogP contribution in [-0.4, -0.2) is 100 Å². The lowest BCUT2D eigenvalue weighted by Crippen LogP contribution is -2.60. The minimum absolute atomic E-state index is 0.00153. The van der Waals surface area contributed by atoms with Gasteiger partial charge in [0.05, 0.1) is 32.0 Å². The predicted molar refractivity (Wildman–Crippen MR) is 380 cm³/mol. The molecule has 6 N–H and O–H groups in total. The number of ether oxygens (including phenoxy) is 3. The lowest BCUT2D eigenvalue weighted by Gasteiger charge is -2.40. The Hall–Kier alpha value is -2.64. The third-order valence-electron chi connectivity index (χ3n) is 18.1. The van der Waals surface area contributed by atoms with Gasteiger partial charge in [-0.15, -0.1) is 0 Å². The standard InChI is InChI=1S/C79H145NO10/c1-3-5-7-9-11-13-15-16-40-44-47-51-55-59-63-67-75(84)88-68-64-60-56-52-48-45-42-39-37-35-33-31-29-27-25-23-21-19-17-18-20-22-24-26-28-30-32-34-36-38-41-43-46-50-54-58-62-66-74(83)80-71(70-89-79-78(87)77(86)76(85)73(69-81)90-79)72(82)65-61-57-53-49-14-12-10-8-6-4-2/h11,13,16-17,19,23,25,40,61,65,71-73,76-79,81-82,85-87H,3-10,12,14-15,18,20-22,24,26-39,41-60,62-64,66-70H2,1-2H3,(H,80,83)/b13-11-,19-17-,25-23-,40-16-,65-61+. The summed E-state index contributed by atoms with van der Waals surface area (Å²) in [6.07, 6.45) is 81.1. The number of allylic oxidation sites excluding steroid dienone is 9. The summed E-state index contributed by atoms with van der Waals surface area (Å²) in [6, 6.07) is -0.808. The maximum atomic E-state index is 13.0. The van der Waals surface area contributed by atoms with Crippen LogP contribution in [0.4, 0.5) is 0 Å². The molecular formula is C79H145NO10. The van der Waals surface area contributed by atoms with Crippen molar-refractivity contribution in [3.05, 3.63) is 60.8 Å². The summed E-state index contributed by atoms with van der Waals surface area (Å²) in [4.78, 5) is 25.1. The third kappa shape index (κ3) is 55.8. The third-order valence-corrected chi connectivity index (χ3v) is 18.1. The lowest BCUT2D eigenvalue weighted by atomic mass is 9.99. The molecule has 1 fully saturated rings. The zero-order valence-corrected chi connectivity index (χ0v) is 58.6. The number of amides is 1. The molecule has 1 heterocycles. The maximum Gasteiger partial charge on any atom is 0.305 e. The maximum absolute atomic E-state index is 13.0. The van der Waals surface area contributed by atoms with E-state index in [4.69, 9.17) is 14.2 Å². The number of rotatable bonds is 68. The summed E-state index contributed by atoms with van der Waals surface area (Å²) in [6.45, 7) is 4.32. The average Bonchev–Trinajstić information content (AvgIpc) is 0.997. The van der Waals surface area contributed by atoms with E-state index in [1.54, 1.807) is 6.08 Å². The summed E-state index contributed by atoms with van der Waals surface area (Å²) in [5.41, 5.74) is 0. The lowest BCUT2D eigenvalue weighted by molar-refractivity contribution is -0.302. The Kier molecular flexibility index (Phi) is 64.3. The van der Waals surface area contributed by atoms with Gasteiger partial charge < -0.3 is 45.1 Å². The smallest absolute Gasteiger partial charge is 0.305 e. The molecule has 0 saturated carbocycles. The fourth-order valence-corrected chi connectivity index (χ4v) is 12.0. The van der Waals surface area contributed by atoms with E-state index in [1.165, 1.54) is 270 Å². The highest BCUT2D eigenvalue weighted by Gasteiger charge is 2.44. The SMILES string of the molecule is CCCCC/C=C\C/C=C\CCCCCCCC(=O)OCCCCCCCCCCCCCCC/C=C\C/C=C\CCCCCCCCCCCCCCCCCCCC(=O)NC(COC1OC(CO)C(O)C(O)C1O)C(O)/C=C/CCCCCCCCCC. The molecule has 11 nitrogen and oxygen atoms in total. The highest BCUT2D eigenvalue weighted by molar-refractivity contribution is 5.76. The zero-order valence-electron chi connectivity index (χ0n) is 58.6. The summed E-state index contributed by atoms with van der Waals surface area (Å²) in [5.74, 6) is -0.181. The Labute approximate surface area is 554 Å². The van der Waals surface area contributed by atoms with Crippen LogP contribution in [0.3, 0.4) is 0 Å². The average molecular weight is 1270 g/mol. The second kappa shape index (κ2) is 67.8. The Balaban J connectivity index is 1.89. The molecule has 90 heavy (non-hydrogen) atoms. The molecule has 1 aliphatic heterocycles.